The number of hydrogen-bond acceptors (Lipinski definition) is 2. The smallest absolute Gasteiger partial charge is 0.0713 e. The van der Waals surface area contributed by atoms with Gasteiger partial charge in [-0.25, -0.2) is 0 Å². The van der Waals surface area contributed by atoms with Crippen LogP contribution < -0.4 is 5.32 Å². The van der Waals surface area contributed by atoms with Crippen LogP contribution in [0.4, 0.5) is 0 Å². The molecule has 0 saturated carbocycles. The number of rotatable bonds is 6. The third-order valence-corrected chi connectivity index (χ3v) is 12.2. The second-order valence-electron chi connectivity index (χ2n) is 14.9. The van der Waals surface area contributed by atoms with Crippen LogP contribution in [-0.2, 0) is 12.0 Å². The molecular weight excluding hydrogens is 681 g/mol. The molecule has 2 N–H and O–H groups in total. The summed E-state index contributed by atoms with van der Waals surface area (Å²) in [4.78, 5) is 0. The molecule has 0 saturated heterocycles. The van der Waals surface area contributed by atoms with E-state index in [1.165, 1.54) is 78.2 Å². The zero-order valence-electron chi connectivity index (χ0n) is 31.0. The van der Waals surface area contributed by atoms with Gasteiger partial charge in [0.15, 0.2) is 0 Å². The second-order valence-corrected chi connectivity index (χ2v) is 14.9. The fourth-order valence-electron chi connectivity index (χ4n) is 9.77. The maximum atomic E-state index is 8.05. The number of fused-ring (bicyclic) bond motifs is 7. The summed E-state index contributed by atoms with van der Waals surface area (Å²) in [7, 11) is 0. The lowest BCUT2D eigenvalue weighted by Crippen LogP contribution is -2.28. The zero-order valence-corrected chi connectivity index (χ0v) is 31.0. The molecule has 2 aromatic heterocycles. The lowest BCUT2D eigenvalue weighted by atomic mass is 9.67. The number of hydrogen-bond donors (Lipinski definition) is 2. The van der Waals surface area contributed by atoms with Crippen LogP contribution in [0.1, 0.15) is 44.8 Å². The molecule has 1 aliphatic carbocycles. The number of benzene rings is 7. The minimum atomic E-state index is -0.446. The highest BCUT2D eigenvalue weighted by Gasteiger charge is 2.46. The molecule has 4 heteroatoms. The van der Waals surface area contributed by atoms with Gasteiger partial charge in [0.1, 0.15) is 0 Å². The summed E-state index contributed by atoms with van der Waals surface area (Å²) in [6.07, 6.45) is 5.52. The Morgan fingerprint density at radius 1 is 0.571 bits per heavy atom. The number of nitrogens with zero attached hydrogens (tertiary/aromatic N) is 2. The molecule has 3 heterocycles. The Kier molecular flexibility index (Phi) is 7.17. The molecule has 1 aliphatic heterocycles. The van der Waals surface area contributed by atoms with E-state index in [4.69, 9.17) is 5.41 Å². The molecule has 7 aromatic carbocycles. The third kappa shape index (κ3) is 4.50. The first kappa shape index (κ1) is 32.3. The van der Waals surface area contributed by atoms with Crippen LogP contribution in [0.25, 0.3) is 61.5 Å². The van der Waals surface area contributed by atoms with E-state index in [1.54, 1.807) is 0 Å². The molecule has 9 aromatic rings. The first-order chi connectivity index (χ1) is 27.7. The van der Waals surface area contributed by atoms with E-state index >= 15 is 0 Å². The van der Waals surface area contributed by atoms with Crippen molar-refractivity contribution in [3.8, 4) is 33.6 Å². The molecule has 11 rings (SSSR count). The maximum absolute atomic E-state index is 8.05. The molecule has 0 fully saturated rings. The van der Waals surface area contributed by atoms with Crippen molar-refractivity contribution in [2.75, 3.05) is 0 Å². The summed E-state index contributed by atoms with van der Waals surface area (Å²) in [6, 6.07) is 62.6. The normalized spacial score (nSPS) is 13.7. The third-order valence-electron chi connectivity index (χ3n) is 12.2. The molecule has 0 atom stereocenters. The van der Waals surface area contributed by atoms with E-state index in [0.29, 0.717) is 0 Å². The number of para-hydroxylation sites is 1. The van der Waals surface area contributed by atoms with Crippen molar-refractivity contribution in [3.05, 3.63) is 221 Å². The fraction of sp³-hybridized carbons (Fsp3) is 0.0577. The average molecular weight is 719 g/mol. The SMILES string of the molecule is Cc1c(C=N)c2c(n1-c1ccc(-c3ccc(-n4c5ccccc5c5cc6c(cc54)-c4ccccc4C6(c4ccccc4)c4ccccc4)cc3)cc1)CNC=C2. The number of nitrogens with one attached hydrogen (secondary N) is 2. The van der Waals surface area contributed by atoms with Gasteiger partial charge in [-0.3, -0.25) is 0 Å². The summed E-state index contributed by atoms with van der Waals surface area (Å²) >= 11 is 0. The molecule has 266 valence electrons. The van der Waals surface area contributed by atoms with Crippen LogP contribution in [0.3, 0.4) is 0 Å². The second kappa shape index (κ2) is 12.4. The Bertz CT molecular complexity index is 2980. The molecule has 0 radical (unpaired) electrons. The molecule has 0 bridgehead atoms. The van der Waals surface area contributed by atoms with Crippen molar-refractivity contribution in [1.29, 1.82) is 5.41 Å². The van der Waals surface area contributed by atoms with E-state index in [9.17, 15) is 0 Å². The van der Waals surface area contributed by atoms with Crippen molar-refractivity contribution in [1.82, 2.24) is 14.5 Å². The van der Waals surface area contributed by atoms with Gasteiger partial charge in [0.05, 0.1) is 28.7 Å². The summed E-state index contributed by atoms with van der Waals surface area (Å²) in [6.45, 7) is 2.84. The van der Waals surface area contributed by atoms with Gasteiger partial charge in [-0.15, -0.1) is 0 Å². The predicted octanol–water partition coefficient (Wildman–Crippen LogP) is 12.0. The van der Waals surface area contributed by atoms with Gasteiger partial charge in [0.25, 0.3) is 0 Å². The lowest BCUT2D eigenvalue weighted by molar-refractivity contribution is 0.769. The molecule has 0 spiro atoms. The van der Waals surface area contributed by atoms with Crippen molar-refractivity contribution in [2.45, 2.75) is 18.9 Å². The van der Waals surface area contributed by atoms with Crippen LogP contribution in [0.2, 0.25) is 0 Å². The monoisotopic (exact) mass is 718 g/mol. The fourth-order valence-corrected chi connectivity index (χ4v) is 9.77. The van der Waals surface area contributed by atoms with Gasteiger partial charge in [-0.05, 0) is 106 Å². The van der Waals surface area contributed by atoms with Crippen LogP contribution >= 0.6 is 0 Å². The summed E-state index contributed by atoms with van der Waals surface area (Å²) in [5.74, 6) is 0. The quantitative estimate of drug-likeness (QED) is 0.165. The minimum absolute atomic E-state index is 0.446. The molecule has 56 heavy (non-hydrogen) atoms. The van der Waals surface area contributed by atoms with Gasteiger partial charge in [0, 0.05) is 45.2 Å². The Morgan fingerprint density at radius 3 is 1.86 bits per heavy atom. The average Bonchev–Trinajstić information content (AvgIpc) is 3.86. The van der Waals surface area contributed by atoms with Gasteiger partial charge in [0.2, 0.25) is 0 Å². The lowest BCUT2D eigenvalue weighted by Gasteiger charge is -2.33. The zero-order chi connectivity index (χ0) is 37.4. The molecule has 2 aliphatic rings. The van der Waals surface area contributed by atoms with E-state index in [0.717, 1.165) is 34.7 Å². The largest absolute Gasteiger partial charge is 0.385 e. The van der Waals surface area contributed by atoms with Crippen LogP contribution in [0.15, 0.2) is 176 Å². The van der Waals surface area contributed by atoms with Gasteiger partial charge >= 0.3 is 0 Å². The Balaban J connectivity index is 1.05. The van der Waals surface area contributed by atoms with Gasteiger partial charge in [-0.2, -0.15) is 0 Å². The first-order valence-electron chi connectivity index (χ1n) is 19.3. The van der Waals surface area contributed by atoms with E-state index in [1.807, 2.05) is 6.20 Å². The maximum Gasteiger partial charge on any atom is 0.0713 e. The number of aromatic nitrogens is 2. The molecule has 4 nitrogen and oxygen atoms in total. The van der Waals surface area contributed by atoms with Crippen molar-refractivity contribution in [3.63, 3.8) is 0 Å². The molecule has 0 unspecified atom stereocenters. The predicted molar refractivity (Wildman–Crippen MR) is 231 cm³/mol. The summed E-state index contributed by atoms with van der Waals surface area (Å²) in [5, 5.41) is 13.9. The van der Waals surface area contributed by atoms with Crippen LogP contribution in [-0.4, -0.2) is 15.3 Å². The van der Waals surface area contributed by atoms with Crippen molar-refractivity contribution >= 4 is 34.1 Å². The minimum Gasteiger partial charge on any atom is -0.385 e. The highest BCUT2D eigenvalue weighted by molar-refractivity contribution is 6.12. The Hall–Kier alpha value is -7.17. The van der Waals surface area contributed by atoms with E-state index in [-0.39, 0.29) is 0 Å². The summed E-state index contributed by atoms with van der Waals surface area (Å²) < 4.78 is 4.72. The van der Waals surface area contributed by atoms with Crippen molar-refractivity contribution in [2.24, 2.45) is 0 Å². The van der Waals surface area contributed by atoms with Crippen molar-refractivity contribution < 1.29 is 0 Å². The topological polar surface area (TPSA) is 45.7 Å². The Morgan fingerprint density at radius 2 is 1.18 bits per heavy atom. The van der Waals surface area contributed by atoms with E-state index < -0.39 is 5.41 Å². The highest BCUT2D eigenvalue weighted by atomic mass is 15.0. The summed E-state index contributed by atoms with van der Waals surface area (Å²) in [5.41, 5.74) is 18.7. The highest BCUT2D eigenvalue weighted by Crippen LogP contribution is 2.57. The molecular formula is C52H38N4. The Labute approximate surface area is 326 Å². The van der Waals surface area contributed by atoms with Crippen LogP contribution in [0, 0.1) is 12.3 Å². The standard InChI is InChI=1S/C52H38N4/c1-34-46(32-53)43-28-29-54-33-51(43)55(34)39-24-20-35(21-25-39)36-22-26-40(27-23-36)56-49-19-11-9-17-42(49)45-30-48-44(31-50(45)56)41-16-8-10-18-47(41)52(48,37-12-4-2-5-13-37)38-14-6-3-7-15-38/h2-32,53-54H,33H2,1H3. The molecule has 0 amide bonds. The van der Waals surface area contributed by atoms with E-state index in [2.05, 4.69) is 197 Å². The van der Waals surface area contributed by atoms with Gasteiger partial charge < -0.3 is 19.9 Å². The van der Waals surface area contributed by atoms with Crippen LogP contribution in [0.5, 0.6) is 0 Å². The first-order valence-corrected chi connectivity index (χ1v) is 19.3. The van der Waals surface area contributed by atoms with Gasteiger partial charge in [-0.1, -0.05) is 127 Å².